The van der Waals surface area contributed by atoms with Crippen molar-refractivity contribution in [2.75, 3.05) is 0 Å². The number of fused-ring (bicyclic) bond motifs is 13. The first-order valence-electron chi connectivity index (χ1n) is 21.8. The van der Waals surface area contributed by atoms with Gasteiger partial charge in [0.2, 0.25) is 0 Å². The van der Waals surface area contributed by atoms with Gasteiger partial charge in [-0.2, -0.15) is 0 Å². The fraction of sp³-hybridized carbons (Fsp3) is 0. The van der Waals surface area contributed by atoms with E-state index >= 15 is 0 Å². The Hall–Kier alpha value is -8.33. The topological polar surface area (TPSA) is 17.8 Å². The standard InChI is InChI=1S/C61H36N2/c1-3-15-38(16-4-1)56-47-23-11-12-24-48(47)57(39-17-5-2-6-18-39)60-50-33-32-41(46-25-13-26-49(58(46)50)59(56)60)37-28-30-40(31-29-37)63-54-27-14-34-62-61(54)53-35-51-44-21-9-7-19-42(44)43-20-8-10-22-45(43)52(51)36-55(53)63/h1-36H. The van der Waals surface area contributed by atoms with Crippen LogP contribution in [-0.4, -0.2) is 9.55 Å². The van der Waals surface area contributed by atoms with Crippen molar-refractivity contribution in [3.05, 3.63) is 219 Å². The van der Waals surface area contributed by atoms with Gasteiger partial charge in [-0.25, -0.2) is 0 Å². The first kappa shape index (κ1) is 34.4. The predicted octanol–water partition coefficient (Wildman–Crippen LogP) is 16.6. The summed E-state index contributed by atoms with van der Waals surface area (Å²) in [5.41, 5.74) is 17.1. The highest BCUT2D eigenvalue weighted by Gasteiger charge is 2.31. The van der Waals surface area contributed by atoms with Gasteiger partial charge in [0.15, 0.2) is 0 Å². The van der Waals surface area contributed by atoms with E-state index in [0.717, 1.165) is 27.6 Å². The third-order valence-corrected chi connectivity index (χ3v) is 13.7. The maximum absolute atomic E-state index is 4.99. The molecule has 0 spiro atoms. The summed E-state index contributed by atoms with van der Waals surface area (Å²) >= 11 is 0. The molecule has 2 nitrogen and oxygen atoms in total. The molecular weight excluding hydrogens is 761 g/mol. The molecule has 63 heavy (non-hydrogen) atoms. The minimum absolute atomic E-state index is 1.01. The Morgan fingerprint density at radius 2 is 0.794 bits per heavy atom. The van der Waals surface area contributed by atoms with E-state index in [0.29, 0.717) is 0 Å². The van der Waals surface area contributed by atoms with Crippen LogP contribution in [0.15, 0.2) is 219 Å². The van der Waals surface area contributed by atoms with Crippen molar-refractivity contribution in [3.63, 3.8) is 0 Å². The second-order valence-corrected chi connectivity index (χ2v) is 16.9. The summed E-state index contributed by atoms with van der Waals surface area (Å²) in [5.74, 6) is 0. The second kappa shape index (κ2) is 13.1. The molecular formula is C61H36N2. The number of rotatable bonds is 4. The van der Waals surface area contributed by atoms with Gasteiger partial charge in [-0.3, -0.25) is 4.98 Å². The first-order chi connectivity index (χ1) is 31.3. The van der Waals surface area contributed by atoms with Gasteiger partial charge in [0.25, 0.3) is 0 Å². The number of pyridine rings is 1. The molecule has 0 aliphatic heterocycles. The summed E-state index contributed by atoms with van der Waals surface area (Å²) < 4.78 is 2.40. The molecule has 2 heteroatoms. The van der Waals surface area contributed by atoms with E-state index in [-0.39, 0.29) is 0 Å². The molecule has 1 aliphatic carbocycles. The summed E-state index contributed by atoms with van der Waals surface area (Å²) in [6.07, 6.45) is 1.92. The highest BCUT2D eigenvalue weighted by atomic mass is 15.0. The number of hydrogen-bond acceptors (Lipinski definition) is 1. The van der Waals surface area contributed by atoms with Gasteiger partial charge in [-0.05, 0) is 146 Å². The van der Waals surface area contributed by atoms with E-state index < -0.39 is 0 Å². The van der Waals surface area contributed by atoms with Crippen LogP contribution in [0.4, 0.5) is 0 Å². The zero-order valence-corrected chi connectivity index (χ0v) is 34.2. The lowest BCUT2D eigenvalue weighted by Crippen LogP contribution is -1.94. The van der Waals surface area contributed by atoms with Crippen LogP contribution in [0.5, 0.6) is 0 Å². The molecule has 0 amide bonds. The van der Waals surface area contributed by atoms with Gasteiger partial charge < -0.3 is 4.57 Å². The first-order valence-corrected chi connectivity index (χ1v) is 21.8. The van der Waals surface area contributed by atoms with Gasteiger partial charge in [0.05, 0.1) is 16.6 Å². The highest BCUT2D eigenvalue weighted by molar-refractivity contribution is 6.30. The van der Waals surface area contributed by atoms with E-state index in [2.05, 4.69) is 217 Å². The zero-order valence-electron chi connectivity index (χ0n) is 34.2. The fourth-order valence-corrected chi connectivity index (χ4v) is 11.2. The Labute approximate surface area is 363 Å². The van der Waals surface area contributed by atoms with E-state index in [1.54, 1.807) is 0 Å². The van der Waals surface area contributed by atoms with Crippen LogP contribution >= 0.6 is 0 Å². The minimum Gasteiger partial charge on any atom is -0.308 e. The monoisotopic (exact) mass is 796 g/mol. The third-order valence-electron chi connectivity index (χ3n) is 13.7. The molecule has 2 aromatic heterocycles. The molecule has 0 N–H and O–H groups in total. The van der Waals surface area contributed by atoms with Crippen LogP contribution in [0.1, 0.15) is 0 Å². The lowest BCUT2D eigenvalue weighted by molar-refractivity contribution is 1.18. The van der Waals surface area contributed by atoms with Crippen molar-refractivity contribution in [2.45, 2.75) is 0 Å². The molecule has 0 saturated carbocycles. The molecule has 1 aliphatic rings. The molecule has 0 radical (unpaired) electrons. The summed E-state index contributed by atoms with van der Waals surface area (Å²) in [7, 11) is 0. The Morgan fingerprint density at radius 3 is 1.41 bits per heavy atom. The third kappa shape index (κ3) is 4.81. The predicted molar refractivity (Wildman–Crippen MR) is 267 cm³/mol. The van der Waals surface area contributed by atoms with Crippen LogP contribution in [0.3, 0.4) is 0 Å². The van der Waals surface area contributed by atoms with Gasteiger partial charge in [0.1, 0.15) is 0 Å². The highest BCUT2D eigenvalue weighted by Crippen LogP contribution is 2.58. The van der Waals surface area contributed by atoms with Crippen molar-refractivity contribution in [3.8, 4) is 61.3 Å². The minimum atomic E-state index is 1.01. The summed E-state index contributed by atoms with van der Waals surface area (Å²) in [6.45, 7) is 0. The average Bonchev–Trinajstić information content (AvgIpc) is 3.86. The maximum Gasteiger partial charge on any atom is 0.0963 e. The quantitative estimate of drug-likeness (QED) is 0.162. The molecule has 11 aromatic carbocycles. The van der Waals surface area contributed by atoms with Gasteiger partial charge in [-0.15, -0.1) is 0 Å². The van der Waals surface area contributed by atoms with Crippen LogP contribution < -0.4 is 0 Å². The van der Waals surface area contributed by atoms with Crippen LogP contribution in [-0.2, 0) is 0 Å². The van der Waals surface area contributed by atoms with E-state index in [4.69, 9.17) is 4.98 Å². The average molecular weight is 797 g/mol. The number of aromatic nitrogens is 2. The molecule has 13 aromatic rings. The van der Waals surface area contributed by atoms with Crippen LogP contribution in [0.2, 0.25) is 0 Å². The van der Waals surface area contributed by atoms with Crippen LogP contribution in [0.25, 0.3) is 137 Å². The molecule has 0 saturated heterocycles. The van der Waals surface area contributed by atoms with Crippen LogP contribution in [0, 0.1) is 0 Å². The molecule has 290 valence electrons. The normalized spacial score (nSPS) is 12.1. The number of hydrogen-bond donors (Lipinski definition) is 0. The van der Waals surface area contributed by atoms with E-state index in [1.165, 1.54) is 109 Å². The van der Waals surface area contributed by atoms with E-state index in [1.807, 2.05) is 6.20 Å². The molecule has 0 atom stereocenters. The Bertz CT molecular complexity index is 3960. The lowest BCUT2D eigenvalue weighted by atomic mass is 9.82. The Balaban J connectivity index is 0.978. The molecule has 2 heterocycles. The number of nitrogens with zero attached hydrogens (tertiary/aromatic N) is 2. The van der Waals surface area contributed by atoms with Crippen molar-refractivity contribution >= 4 is 75.8 Å². The molecule has 0 bridgehead atoms. The molecule has 0 unspecified atom stereocenters. The summed E-state index contributed by atoms with van der Waals surface area (Å²) in [6, 6.07) is 78.4. The largest absolute Gasteiger partial charge is 0.308 e. The Kier molecular flexibility index (Phi) is 7.14. The summed E-state index contributed by atoms with van der Waals surface area (Å²) in [4.78, 5) is 4.99. The van der Waals surface area contributed by atoms with Crippen molar-refractivity contribution in [1.82, 2.24) is 9.55 Å². The fourth-order valence-electron chi connectivity index (χ4n) is 11.2. The van der Waals surface area contributed by atoms with Gasteiger partial charge >= 0.3 is 0 Å². The maximum atomic E-state index is 4.99. The summed E-state index contributed by atoms with van der Waals surface area (Å²) in [5, 5.41) is 13.9. The molecule has 0 fully saturated rings. The van der Waals surface area contributed by atoms with Gasteiger partial charge in [0, 0.05) is 17.3 Å². The lowest BCUT2D eigenvalue weighted by Gasteiger charge is -2.20. The SMILES string of the molecule is c1ccc(-c2c3c(c(-c4ccccc4)c4ccccc24)-c2ccc(-c4ccc(-n5c6cc7c8ccccc8c8ccccc8c7cc6c6ncccc65)cc4)c4cccc-3c24)cc1. The zero-order chi connectivity index (χ0) is 41.2. The Morgan fingerprint density at radius 1 is 0.286 bits per heavy atom. The van der Waals surface area contributed by atoms with Gasteiger partial charge in [-0.1, -0.05) is 176 Å². The van der Waals surface area contributed by atoms with Crippen molar-refractivity contribution in [2.24, 2.45) is 0 Å². The smallest absolute Gasteiger partial charge is 0.0963 e. The second-order valence-electron chi connectivity index (χ2n) is 16.9. The van der Waals surface area contributed by atoms with E-state index in [9.17, 15) is 0 Å². The number of benzene rings is 11. The van der Waals surface area contributed by atoms with Crippen molar-refractivity contribution < 1.29 is 0 Å². The molecule has 14 rings (SSSR count). The van der Waals surface area contributed by atoms with Crippen molar-refractivity contribution in [1.29, 1.82) is 0 Å².